The molecule has 4 rings (SSSR count). The van der Waals surface area contributed by atoms with E-state index in [1.807, 2.05) is 42.5 Å². The second-order valence-corrected chi connectivity index (χ2v) is 7.81. The van der Waals surface area contributed by atoms with Crippen LogP contribution in [0.15, 0.2) is 72.8 Å². The number of nitrogens with zero attached hydrogens (tertiary/aromatic N) is 2. The van der Waals surface area contributed by atoms with Crippen LogP contribution >= 0.6 is 0 Å². The molecule has 176 valence electrons. The second kappa shape index (κ2) is 11.2. The standard InChI is InChI=1S/C27H29N3O4/c1-32-21-11-9-20(10-12-21)27(31)28-19-26-29-24-7-3-4-8-25(24)30(26)17-5-6-18-34-23-15-13-22(33-2)14-16-23/h3-4,7-16H,5-6,17-19H2,1-2H3,(H,28,31). The minimum absolute atomic E-state index is 0.144. The number of methoxy groups -OCH3 is 2. The maximum absolute atomic E-state index is 12.6. The van der Waals surface area contributed by atoms with Gasteiger partial charge in [-0.15, -0.1) is 0 Å². The van der Waals surface area contributed by atoms with E-state index in [9.17, 15) is 4.79 Å². The van der Waals surface area contributed by atoms with Gasteiger partial charge >= 0.3 is 0 Å². The molecule has 0 aliphatic rings. The van der Waals surface area contributed by atoms with Crippen molar-refractivity contribution in [3.8, 4) is 17.2 Å². The number of hydrogen-bond donors (Lipinski definition) is 1. The molecule has 0 aliphatic carbocycles. The van der Waals surface area contributed by atoms with E-state index in [0.29, 0.717) is 24.5 Å². The van der Waals surface area contributed by atoms with Crippen molar-refractivity contribution in [3.63, 3.8) is 0 Å². The summed E-state index contributed by atoms with van der Waals surface area (Å²) in [5, 5.41) is 2.99. The predicted octanol–water partition coefficient (Wildman–Crippen LogP) is 4.84. The van der Waals surface area contributed by atoms with Gasteiger partial charge < -0.3 is 24.1 Å². The Morgan fingerprint density at radius 3 is 2.21 bits per heavy atom. The Bertz CT molecular complexity index is 1220. The molecule has 0 aliphatic heterocycles. The molecular weight excluding hydrogens is 430 g/mol. The molecule has 7 heteroatoms. The highest BCUT2D eigenvalue weighted by molar-refractivity contribution is 5.94. The molecule has 7 nitrogen and oxygen atoms in total. The summed E-state index contributed by atoms with van der Waals surface area (Å²) in [6, 6.07) is 22.7. The fraction of sp³-hybridized carbons (Fsp3) is 0.259. The zero-order valence-electron chi connectivity index (χ0n) is 19.5. The van der Waals surface area contributed by atoms with E-state index in [1.54, 1.807) is 38.5 Å². The largest absolute Gasteiger partial charge is 0.497 e. The summed E-state index contributed by atoms with van der Waals surface area (Å²) in [6.07, 6.45) is 1.83. The molecule has 4 aromatic rings. The van der Waals surface area contributed by atoms with Gasteiger partial charge in [-0.1, -0.05) is 12.1 Å². The van der Waals surface area contributed by atoms with E-state index < -0.39 is 0 Å². The van der Waals surface area contributed by atoms with Gasteiger partial charge in [0.15, 0.2) is 0 Å². The van der Waals surface area contributed by atoms with Crippen LogP contribution in [0.2, 0.25) is 0 Å². The number of aromatic nitrogens is 2. The number of amides is 1. The van der Waals surface area contributed by atoms with Gasteiger partial charge in [0.2, 0.25) is 0 Å². The van der Waals surface area contributed by atoms with E-state index in [2.05, 4.69) is 16.0 Å². The number of imidazole rings is 1. The monoisotopic (exact) mass is 459 g/mol. The van der Waals surface area contributed by atoms with Crippen LogP contribution in [0.25, 0.3) is 11.0 Å². The molecule has 0 unspecified atom stereocenters. The number of carbonyl (C=O) groups is 1. The van der Waals surface area contributed by atoms with E-state index >= 15 is 0 Å². The van der Waals surface area contributed by atoms with Gasteiger partial charge in [0, 0.05) is 12.1 Å². The van der Waals surface area contributed by atoms with Crippen molar-refractivity contribution in [2.24, 2.45) is 0 Å². The first-order valence-electron chi connectivity index (χ1n) is 11.3. The Labute approximate surface area is 199 Å². The van der Waals surface area contributed by atoms with Crippen LogP contribution in [0, 0.1) is 0 Å². The van der Waals surface area contributed by atoms with E-state index in [-0.39, 0.29) is 5.91 Å². The third kappa shape index (κ3) is 5.67. The second-order valence-electron chi connectivity index (χ2n) is 7.81. The zero-order chi connectivity index (χ0) is 23.8. The average Bonchev–Trinajstić information content (AvgIpc) is 3.25. The maximum Gasteiger partial charge on any atom is 0.251 e. The summed E-state index contributed by atoms with van der Waals surface area (Å²) >= 11 is 0. The van der Waals surface area contributed by atoms with Crippen molar-refractivity contribution in [1.29, 1.82) is 0 Å². The lowest BCUT2D eigenvalue weighted by molar-refractivity contribution is 0.0949. The number of benzene rings is 3. The number of para-hydroxylation sites is 2. The molecule has 1 amide bonds. The van der Waals surface area contributed by atoms with Gasteiger partial charge in [-0.25, -0.2) is 4.98 Å². The minimum Gasteiger partial charge on any atom is -0.497 e. The molecule has 0 radical (unpaired) electrons. The number of carbonyl (C=O) groups excluding carboxylic acids is 1. The molecular formula is C27H29N3O4. The molecule has 1 heterocycles. The Morgan fingerprint density at radius 1 is 0.853 bits per heavy atom. The molecule has 34 heavy (non-hydrogen) atoms. The maximum atomic E-state index is 12.6. The van der Waals surface area contributed by atoms with Gasteiger partial charge in [0.25, 0.3) is 5.91 Å². The number of aryl methyl sites for hydroxylation is 1. The SMILES string of the molecule is COc1ccc(OCCCCn2c(CNC(=O)c3ccc(OC)cc3)nc3ccccc32)cc1. The Kier molecular flexibility index (Phi) is 7.65. The topological polar surface area (TPSA) is 74.6 Å². The van der Waals surface area contributed by atoms with Gasteiger partial charge in [0.05, 0.1) is 38.4 Å². The molecule has 1 aromatic heterocycles. The number of hydrogen-bond acceptors (Lipinski definition) is 5. The predicted molar refractivity (Wildman–Crippen MR) is 132 cm³/mol. The fourth-order valence-electron chi connectivity index (χ4n) is 3.75. The number of fused-ring (bicyclic) bond motifs is 1. The lowest BCUT2D eigenvalue weighted by atomic mass is 10.2. The molecule has 3 aromatic carbocycles. The van der Waals surface area contributed by atoms with Crippen LogP contribution in [0.5, 0.6) is 17.2 Å². The summed E-state index contributed by atoms with van der Waals surface area (Å²) in [5.41, 5.74) is 2.57. The quantitative estimate of drug-likeness (QED) is 0.325. The van der Waals surface area contributed by atoms with Crippen LogP contribution in [0.4, 0.5) is 0 Å². The van der Waals surface area contributed by atoms with Gasteiger partial charge in [0.1, 0.15) is 23.1 Å². The van der Waals surface area contributed by atoms with Crippen molar-refractivity contribution in [2.75, 3.05) is 20.8 Å². The van der Waals surface area contributed by atoms with Crippen LogP contribution in [-0.2, 0) is 13.1 Å². The van der Waals surface area contributed by atoms with Crippen molar-refractivity contribution < 1.29 is 19.0 Å². The molecule has 0 saturated heterocycles. The number of rotatable bonds is 11. The first-order chi connectivity index (χ1) is 16.7. The Morgan fingerprint density at radius 2 is 1.50 bits per heavy atom. The lowest BCUT2D eigenvalue weighted by Gasteiger charge is -2.11. The normalized spacial score (nSPS) is 10.8. The molecule has 0 atom stereocenters. The highest BCUT2D eigenvalue weighted by Gasteiger charge is 2.12. The summed E-state index contributed by atoms with van der Waals surface area (Å²) < 4.78 is 18.3. The lowest BCUT2D eigenvalue weighted by Crippen LogP contribution is -2.24. The molecule has 0 bridgehead atoms. The van der Waals surface area contributed by atoms with Crippen LogP contribution in [0.3, 0.4) is 0 Å². The Balaban J connectivity index is 1.35. The van der Waals surface area contributed by atoms with E-state index in [4.69, 9.17) is 19.2 Å². The van der Waals surface area contributed by atoms with Crippen molar-refractivity contribution in [3.05, 3.63) is 84.2 Å². The Hall–Kier alpha value is -4.00. The smallest absolute Gasteiger partial charge is 0.251 e. The molecule has 0 saturated carbocycles. The van der Waals surface area contributed by atoms with Crippen molar-refractivity contribution in [1.82, 2.24) is 14.9 Å². The number of unbranched alkanes of at least 4 members (excludes halogenated alkanes) is 1. The fourth-order valence-corrected chi connectivity index (χ4v) is 3.75. The van der Waals surface area contributed by atoms with Gasteiger partial charge in [-0.2, -0.15) is 0 Å². The molecule has 0 spiro atoms. The average molecular weight is 460 g/mol. The third-order valence-electron chi connectivity index (χ3n) is 5.60. The first-order valence-corrected chi connectivity index (χ1v) is 11.3. The molecule has 1 N–H and O–H groups in total. The van der Waals surface area contributed by atoms with Crippen LogP contribution < -0.4 is 19.5 Å². The summed E-state index contributed by atoms with van der Waals surface area (Å²) in [7, 11) is 3.25. The van der Waals surface area contributed by atoms with Gasteiger partial charge in [-0.05, 0) is 73.5 Å². The van der Waals surface area contributed by atoms with Gasteiger partial charge in [-0.3, -0.25) is 4.79 Å². The zero-order valence-corrected chi connectivity index (χ0v) is 19.5. The minimum atomic E-state index is -0.144. The summed E-state index contributed by atoms with van der Waals surface area (Å²) in [4.78, 5) is 17.4. The van der Waals surface area contributed by atoms with Crippen LogP contribution in [0.1, 0.15) is 29.0 Å². The van der Waals surface area contributed by atoms with Crippen molar-refractivity contribution in [2.45, 2.75) is 25.9 Å². The van der Waals surface area contributed by atoms with E-state index in [0.717, 1.165) is 47.7 Å². The number of ether oxygens (including phenoxy) is 3. The highest BCUT2D eigenvalue weighted by atomic mass is 16.5. The number of nitrogens with one attached hydrogen (secondary N) is 1. The summed E-state index contributed by atoms with van der Waals surface area (Å²) in [5.74, 6) is 3.05. The third-order valence-corrected chi connectivity index (χ3v) is 5.60. The summed E-state index contributed by atoms with van der Waals surface area (Å²) in [6.45, 7) is 1.77. The van der Waals surface area contributed by atoms with Crippen molar-refractivity contribution >= 4 is 16.9 Å². The van der Waals surface area contributed by atoms with Crippen LogP contribution in [-0.4, -0.2) is 36.3 Å². The first kappa shape index (κ1) is 23.2. The molecule has 0 fully saturated rings. The highest BCUT2D eigenvalue weighted by Crippen LogP contribution is 2.19. The van der Waals surface area contributed by atoms with E-state index in [1.165, 1.54) is 0 Å².